The Kier molecular flexibility index (Phi) is 14.0. The van der Waals surface area contributed by atoms with Crippen molar-refractivity contribution in [1.82, 2.24) is 0 Å². The number of rotatable bonds is 8. The molecule has 1 fully saturated rings. The van der Waals surface area contributed by atoms with Gasteiger partial charge in [0.2, 0.25) is 0 Å². The molecule has 1 aliphatic heterocycles. The third kappa shape index (κ3) is 13.5. The topological polar surface area (TPSA) is 35.5 Å². The van der Waals surface area contributed by atoms with E-state index in [9.17, 15) is 4.79 Å². The summed E-state index contributed by atoms with van der Waals surface area (Å²) >= 11 is 0. The van der Waals surface area contributed by atoms with Crippen LogP contribution >= 0.6 is 0 Å². The van der Waals surface area contributed by atoms with Crippen molar-refractivity contribution in [3.8, 4) is 0 Å². The molecule has 0 unspecified atom stereocenters. The monoisotopic (exact) mass is 258 g/mol. The van der Waals surface area contributed by atoms with E-state index in [1.807, 2.05) is 6.92 Å². The maximum atomic E-state index is 10.9. The Morgan fingerprint density at radius 2 is 1.61 bits per heavy atom. The van der Waals surface area contributed by atoms with Gasteiger partial charge in [0.15, 0.2) is 0 Å². The lowest BCUT2D eigenvalue weighted by molar-refractivity contribution is -0.143. The lowest BCUT2D eigenvalue weighted by Crippen LogP contribution is -2.03. The van der Waals surface area contributed by atoms with E-state index < -0.39 is 0 Å². The first-order chi connectivity index (χ1) is 8.81. The Morgan fingerprint density at radius 3 is 2.11 bits per heavy atom. The fraction of sp³-hybridized carbons (Fsp3) is 0.933. The fourth-order valence-corrected chi connectivity index (χ4v) is 1.79. The standard InChI is InChI=1S/C11H22O2.C4H8O/c1-3-5-6-7-8-9-10-11(12)13-4-2;1-2-4-5-3-1/h3-10H2,1-2H3;1-4H2. The lowest BCUT2D eigenvalue weighted by Gasteiger charge is -2.01. The van der Waals surface area contributed by atoms with Gasteiger partial charge in [0.05, 0.1) is 6.61 Å². The molecule has 0 aromatic rings. The van der Waals surface area contributed by atoms with E-state index in [1.165, 1.54) is 44.9 Å². The number of ether oxygens (including phenoxy) is 2. The molecule has 0 bridgehead atoms. The van der Waals surface area contributed by atoms with Crippen molar-refractivity contribution in [3.05, 3.63) is 0 Å². The minimum absolute atomic E-state index is 0.0435. The van der Waals surface area contributed by atoms with Crippen molar-refractivity contribution in [2.24, 2.45) is 0 Å². The Balaban J connectivity index is 0.000000473. The van der Waals surface area contributed by atoms with Crippen LogP contribution in [0, 0.1) is 0 Å². The van der Waals surface area contributed by atoms with E-state index in [2.05, 4.69) is 6.92 Å². The highest BCUT2D eigenvalue weighted by atomic mass is 16.5. The largest absolute Gasteiger partial charge is 0.466 e. The summed E-state index contributed by atoms with van der Waals surface area (Å²) in [6.07, 6.45) is 10.5. The van der Waals surface area contributed by atoms with Crippen molar-refractivity contribution < 1.29 is 14.3 Å². The first-order valence-electron chi connectivity index (χ1n) is 7.54. The van der Waals surface area contributed by atoms with E-state index in [-0.39, 0.29) is 5.97 Å². The lowest BCUT2D eigenvalue weighted by atomic mass is 10.1. The Morgan fingerprint density at radius 1 is 1.00 bits per heavy atom. The average Bonchev–Trinajstić information content (AvgIpc) is 2.93. The van der Waals surface area contributed by atoms with E-state index in [0.717, 1.165) is 19.6 Å². The molecule has 0 saturated carbocycles. The molecule has 0 aromatic carbocycles. The predicted molar refractivity (Wildman–Crippen MR) is 74.7 cm³/mol. The highest BCUT2D eigenvalue weighted by Crippen LogP contribution is 2.07. The highest BCUT2D eigenvalue weighted by Gasteiger charge is 1.99. The van der Waals surface area contributed by atoms with Gasteiger partial charge in [-0.1, -0.05) is 39.0 Å². The van der Waals surface area contributed by atoms with Crippen LogP contribution in [0.4, 0.5) is 0 Å². The van der Waals surface area contributed by atoms with Crippen molar-refractivity contribution in [2.75, 3.05) is 19.8 Å². The van der Waals surface area contributed by atoms with Crippen molar-refractivity contribution in [3.63, 3.8) is 0 Å². The van der Waals surface area contributed by atoms with E-state index in [1.54, 1.807) is 0 Å². The van der Waals surface area contributed by atoms with Gasteiger partial charge in [-0.3, -0.25) is 4.79 Å². The molecule has 1 aliphatic rings. The van der Waals surface area contributed by atoms with Gasteiger partial charge in [-0.05, 0) is 26.2 Å². The average molecular weight is 258 g/mol. The minimum atomic E-state index is -0.0435. The summed E-state index contributed by atoms with van der Waals surface area (Å²) in [5.74, 6) is -0.0435. The summed E-state index contributed by atoms with van der Waals surface area (Å²) in [7, 11) is 0. The summed E-state index contributed by atoms with van der Waals surface area (Å²) in [6, 6.07) is 0. The van der Waals surface area contributed by atoms with Crippen LogP contribution in [0.15, 0.2) is 0 Å². The normalized spacial score (nSPS) is 13.9. The molecular formula is C15H30O3. The van der Waals surface area contributed by atoms with Crippen LogP contribution in [0.2, 0.25) is 0 Å². The fourth-order valence-electron chi connectivity index (χ4n) is 1.79. The molecule has 108 valence electrons. The number of esters is 1. The van der Waals surface area contributed by atoms with E-state index >= 15 is 0 Å². The summed E-state index contributed by atoms with van der Waals surface area (Å²) in [5, 5.41) is 0. The maximum Gasteiger partial charge on any atom is 0.305 e. The molecule has 18 heavy (non-hydrogen) atoms. The molecule has 0 aromatic heterocycles. The number of hydrogen-bond donors (Lipinski definition) is 0. The Hall–Kier alpha value is -0.570. The van der Waals surface area contributed by atoms with Gasteiger partial charge in [0.1, 0.15) is 0 Å². The molecule has 0 atom stereocenters. The Labute approximate surface area is 112 Å². The molecule has 3 nitrogen and oxygen atoms in total. The zero-order valence-electron chi connectivity index (χ0n) is 12.2. The van der Waals surface area contributed by atoms with Crippen molar-refractivity contribution in [1.29, 1.82) is 0 Å². The van der Waals surface area contributed by atoms with Gasteiger partial charge < -0.3 is 9.47 Å². The van der Waals surface area contributed by atoms with Gasteiger partial charge in [0, 0.05) is 19.6 Å². The minimum Gasteiger partial charge on any atom is -0.466 e. The molecule has 0 radical (unpaired) electrons. The van der Waals surface area contributed by atoms with Gasteiger partial charge >= 0.3 is 5.97 Å². The van der Waals surface area contributed by atoms with Crippen LogP contribution < -0.4 is 0 Å². The third-order valence-corrected chi connectivity index (χ3v) is 2.87. The second kappa shape index (κ2) is 14.5. The molecule has 0 aliphatic carbocycles. The molecule has 0 spiro atoms. The number of carbonyl (C=O) groups is 1. The molecule has 1 rings (SSSR count). The van der Waals surface area contributed by atoms with Crippen LogP contribution in [0.3, 0.4) is 0 Å². The molecule has 3 heteroatoms. The van der Waals surface area contributed by atoms with Crippen LogP contribution in [0.25, 0.3) is 0 Å². The van der Waals surface area contributed by atoms with E-state index in [0.29, 0.717) is 13.0 Å². The van der Waals surface area contributed by atoms with Gasteiger partial charge in [-0.2, -0.15) is 0 Å². The van der Waals surface area contributed by atoms with Crippen LogP contribution in [-0.2, 0) is 14.3 Å². The predicted octanol–water partition coefficient (Wildman–Crippen LogP) is 4.10. The van der Waals surface area contributed by atoms with Crippen LogP contribution in [-0.4, -0.2) is 25.8 Å². The number of hydrogen-bond acceptors (Lipinski definition) is 3. The SMILES string of the molecule is C1CCOC1.CCCCCCCCC(=O)OCC. The first kappa shape index (κ1) is 17.4. The second-order valence-corrected chi connectivity index (χ2v) is 4.64. The second-order valence-electron chi connectivity index (χ2n) is 4.64. The summed E-state index contributed by atoms with van der Waals surface area (Å²) < 4.78 is 9.78. The molecule has 1 saturated heterocycles. The zero-order valence-corrected chi connectivity index (χ0v) is 12.2. The first-order valence-corrected chi connectivity index (χ1v) is 7.54. The Bertz CT molecular complexity index is 169. The smallest absolute Gasteiger partial charge is 0.305 e. The zero-order chi connectivity index (χ0) is 13.5. The van der Waals surface area contributed by atoms with Crippen molar-refractivity contribution in [2.45, 2.75) is 71.6 Å². The van der Waals surface area contributed by atoms with Gasteiger partial charge in [-0.25, -0.2) is 0 Å². The van der Waals surface area contributed by atoms with Gasteiger partial charge in [0.25, 0.3) is 0 Å². The summed E-state index contributed by atoms with van der Waals surface area (Å²) in [5.41, 5.74) is 0. The highest BCUT2D eigenvalue weighted by molar-refractivity contribution is 5.69. The molecule has 0 amide bonds. The molecular weight excluding hydrogens is 228 g/mol. The summed E-state index contributed by atoms with van der Waals surface area (Å²) in [4.78, 5) is 10.9. The number of carbonyl (C=O) groups excluding carboxylic acids is 1. The van der Waals surface area contributed by atoms with Crippen LogP contribution in [0.5, 0.6) is 0 Å². The molecule has 0 N–H and O–H groups in total. The van der Waals surface area contributed by atoms with Crippen LogP contribution in [0.1, 0.15) is 71.6 Å². The number of unbranched alkanes of at least 4 members (excludes halogenated alkanes) is 5. The third-order valence-electron chi connectivity index (χ3n) is 2.87. The van der Waals surface area contributed by atoms with Crippen molar-refractivity contribution >= 4 is 5.97 Å². The van der Waals surface area contributed by atoms with E-state index in [4.69, 9.17) is 9.47 Å². The molecule has 1 heterocycles. The maximum absolute atomic E-state index is 10.9. The van der Waals surface area contributed by atoms with Gasteiger partial charge in [-0.15, -0.1) is 0 Å². The quantitative estimate of drug-likeness (QED) is 0.486. The summed E-state index contributed by atoms with van der Waals surface area (Å²) in [6.45, 7) is 6.56.